The van der Waals surface area contributed by atoms with Crippen molar-refractivity contribution in [1.29, 1.82) is 0 Å². The third-order valence-electron chi connectivity index (χ3n) is 2.85. The summed E-state index contributed by atoms with van der Waals surface area (Å²) in [5.41, 5.74) is 1.20. The zero-order valence-electron chi connectivity index (χ0n) is 10.9. The normalized spacial score (nSPS) is 12.8. The lowest BCUT2D eigenvalue weighted by molar-refractivity contribution is 0.116. The highest BCUT2D eigenvalue weighted by Gasteiger charge is 2.07. The Labute approximate surface area is 104 Å². The molecule has 0 fully saturated rings. The van der Waals surface area contributed by atoms with E-state index in [1.807, 2.05) is 32.0 Å². The van der Waals surface area contributed by atoms with Crippen LogP contribution in [0.2, 0.25) is 0 Å². The Morgan fingerprint density at radius 1 is 1.35 bits per heavy atom. The monoisotopic (exact) mass is 237 g/mol. The van der Waals surface area contributed by atoms with Crippen molar-refractivity contribution in [1.82, 2.24) is 5.32 Å². The molecule has 0 heterocycles. The second kappa shape index (κ2) is 7.30. The highest BCUT2D eigenvalue weighted by Crippen LogP contribution is 2.12. The molecule has 0 aliphatic rings. The lowest BCUT2D eigenvalue weighted by Gasteiger charge is -2.14. The first kappa shape index (κ1) is 14.0. The summed E-state index contributed by atoms with van der Waals surface area (Å²) in [5.74, 6) is 1.21. The molecule has 0 aliphatic heterocycles. The molecule has 0 bridgehead atoms. The van der Waals surface area contributed by atoms with Crippen molar-refractivity contribution in [3.8, 4) is 5.75 Å². The van der Waals surface area contributed by atoms with Gasteiger partial charge in [-0.2, -0.15) is 0 Å². The molecule has 1 atom stereocenters. The van der Waals surface area contributed by atoms with Gasteiger partial charge in [0, 0.05) is 6.54 Å². The van der Waals surface area contributed by atoms with Gasteiger partial charge in [-0.3, -0.25) is 0 Å². The van der Waals surface area contributed by atoms with Crippen molar-refractivity contribution in [2.24, 2.45) is 5.92 Å². The molecule has 0 radical (unpaired) electrons. The van der Waals surface area contributed by atoms with Crippen molar-refractivity contribution in [2.75, 3.05) is 13.7 Å². The van der Waals surface area contributed by atoms with Crippen molar-refractivity contribution in [3.63, 3.8) is 0 Å². The minimum Gasteiger partial charge on any atom is -0.497 e. The van der Waals surface area contributed by atoms with Crippen LogP contribution < -0.4 is 10.1 Å². The van der Waals surface area contributed by atoms with E-state index in [1.165, 1.54) is 5.56 Å². The number of rotatable bonds is 7. The summed E-state index contributed by atoms with van der Waals surface area (Å²) < 4.78 is 5.16. The van der Waals surface area contributed by atoms with Crippen LogP contribution in [-0.4, -0.2) is 24.9 Å². The van der Waals surface area contributed by atoms with Gasteiger partial charge < -0.3 is 15.2 Å². The molecule has 0 aliphatic carbocycles. The third kappa shape index (κ3) is 5.20. The van der Waals surface area contributed by atoms with Crippen LogP contribution in [0.1, 0.15) is 25.8 Å². The summed E-state index contributed by atoms with van der Waals surface area (Å²) in [6, 6.07) is 8.01. The predicted molar refractivity (Wildman–Crippen MR) is 70.2 cm³/mol. The van der Waals surface area contributed by atoms with Gasteiger partial charge in [0.25, 0.3) is 0 Å². The fourth-order valence-corrected chi connectivity index (χ4v) is 1.60. The number of ether oxygens (including phenoxy) is 1. The van der Waals surface area contributed by atoms with E-state index in [1.54, 1.807) is 7.11 Å². The second-order valence-corrected chi connectivity index (χ2v) is 4.63. The maximum atomic E-state index is 9.65. The zero-order chi connectivity index (χ0) is 12.7. The molecule has 17 heavy (non-hydrogen) atoms. The van der Waals surface area contributed by atoms with E-state index in [0.29, 0.717) is 5.92 Å². The van der Waals surface area contributed by atoms with Gasteiger partial charge in [0.1, 0.15) is 5.75 Å². The maximum Gasteiger partial charge on any atom is 0.119 e. The first-order chi connectivity index (χ1) is 8.13. The highest BCUT2D eigenvalue weighted by molar-refractivity contribution is 5.28. The molecule has 2 N–H and O–H groups in total. The Morgan fingerprint density at radius 3 is 2.76 bits per heavy atom. The molecular weight excluding hydrogens is 214 g/mol. The molecule has 1 aromatic rings. The molecule has 0 amide bonds. The summed E-state index contributed by atoms with van der Waals surface area (Å²) in [7, 11) is 1.67. The van der Waals surface area contributed by atoms with Gasteiger partial charge >= 0.3 is 0 Å². The molecule has 0 spiro atoms. The van der Waals surface area contributed by atoms with Crippen LogP contribution in [0.5, 0.6) is 5.75 Å². The summed E-state index contributed by atoms with van der Waals surface area (Å²) in [4.78, 5) is 0. The van der Waals surface area contributed by atoms with Gasteiger partial charge in [-0.15, -0.1) is 0 Å². The Bertz CT molecular complexity index is 326. The van der Waals surface area contributed by atoms with E-state index in [9.17, 15) is 5.11 Å². The number of nitrogens with one attached hydrogen (secondary N) is 1. The van der Waals surface area contributed by atoms with Crippen molar-refractivity contribution in [3.05, 3.63) is 29.8 Å². The van der Waals surface area contributed by atoms with Crippen LogP contribution >= 0.6 is 0 Å². The van der Waals surface area contributed by atoms with Crippen LogP contribution in [0.3, 0.4) is 0 Å². The van der Waals surface area contributed by atoms with Crippen LogP contribution in [0.15, 0.2) is 24.3 Å². The summed E-state index contributed by atoms with van der Waals surface area (Å²) in [6.07, 6.45) is 0.578. The second-order valence-electron chi connectivity index (χ2n) is 4.63. The van der Waals surface area contributed by atoms with Crippen molar-refractivity contribution >= 4 is 0 Å². The van der Waals surface area contributed by atoms with E-state index < -0.39 is 0 Å². The van der Waals surface area contributed by atoms with Gasteiger partial charge in [-0.1, -0.05) is 26.0 Å². The quantitative estimate of drug-likeness (QED) is 0.714. The third-order valence-corrected chi connectivity index (χ3v) is 2.85. The standard InChI is InChI=1S/C14H23NO2/c1-11(2)14(16)7-8-15-10-12-5-4-6-13(9-12)17-3/h4-6,9,11,14-16H,7-8,10H2,1-3H3. The molecule has 1 aromatic carbocycles. The zero-order valence-corrected chi connectivity index (χ0v) is 10.9. The predicted octanol–water partition coefficient (Wildman–Crippen LogP) is 2.19. The van der Waals surface area contributed by atoms with E-state index in [0.717, 1.165) is 25.3 Å². The number of benzene rings is 1. The van der Waals surface area contributed by atoms with Gasteiger partial charge in [-0.05, 0) is 36.6 Å². The van der Waals surface area contributed by atoms with E-state index in [-0.39, 0.29) is 6.10 Å². The molecule has 0 aromatic heterocycles. The molecule has 1 unspecified atom stereocenters. The first-order valence-electron chi connectivity index (χ1n) is 6.15. The summed E-state index contributed by atoms with van der Waals surface area (Å²) in [6.45, 7) is 5.71. The Kier molecular flexibility index (Phi) is 6.01. The number of hydrogen-bond donors (Lipinski definition) is 2. The van der Waals surface area contributed by atoms with E-state index in [4.69, 9.17) is 4.74 Å². The number of aliphatic hydroxyl groups is 1. The van der Waals surface area contributed by atoms with Crippen LogP contribution in [0, 0.1) is 5.92 Å². The topological polar surface area (TPSA) is 41.5 Å². The largest absolute Gasteiger partial charge is 0.497 e. The Hall–Kier alpha value is -1.06. The van der Waals surface area contributed by atoms with E-state index in [2.05, 4.69) is 11.4 Å². The molecule has 0 saturated heterocycles. The van der Waals surface area contributed by atoms with Crippen molar-refractivity contribution in [2.45, 2.75) is 32.9 Å². The SMILES string of the molecule is COc1cccc(CNCCC(O)C(C)C)c1. The molecule has 1 rings (SSSR count). The summed E-state index contributed by atoms with van der Waals surface area (Å²) >= 11 is 0. The van der Waals surface area contributed by atoms with Gasteiger partial charge in [0.2, 0.25) is 0 Å². The van der Waals surface area contributed by atoms with Gasteiger partial charge in [-0.25, -0.2) is 0 Å². The average molecular weight is 237 g/mol. The first-order valence-corrected chi connectivity index (χ1v) is 6.15. The number of methoxy groups -OCH3 is 1. The Balaban J connectivity index is 2.26. The fraction of sp³-hybridized carbons (Fsp3) is 0.571. The number of hydrogen-bond acceptors (Lipinski definition) is 3. The van der Waals surface area contributed by atoms with Crippen LogP contribution in [0.25, 0.3) is 0 Å². The fourth-order valence-electron chi connectivity index (χ4n) is 1.60. The summed E-state index contributed by atoms with van der Waals surface area (Å²) in [5, 5.41) is 13.0. The molecule has 96 valence electrons. The minimum absolute atomic E-state index is 0.215. The maximum absolute atomic E-state index is 9.65. The average Bonchev–Trinajstić information content (AvgIpc) is 2.34. The Morgan fingerprint density at radius 2 is 2.12 bits per heavy atom. The molecular formula is C14H23NO2. The lowest BCUT2D eigenvalue weighted by atomic mass is 10.0. The van der Waals surface area contributed by atoms with E-state index >= 15 is 0 Å². The smallest absolute Gasteiger partial charge is 0.119 e. The molecule has 3 heteroatoms. The minimum atomic E-state index is -0.215. The number of aliphatic hydroxyl groups excluding tert-OH is 1. The van der Waals surface area contributed by atoms with Gasteiger partial charge in [0.05, 0.1) is 13.2 Å². The molecule has 3 nitrogen and oxygen atoms in total. The van der Waals surface area contributed by atoms with Crippen molar-refractivity contribution < 1.29 is 9.84 Å². The molecule has 0 saturated carbocycles. The highest BCUT2D eigenvalue weighted by atomic mass is 16.5. The van der Waals surface area contributed by atoms with Crippen LogP contribution in [0.4, 0.5) is 0 Å². The lowest BCUT2D eigenvalue weighted by Crippen LogP contribution is -2.23. The van der Waals surface area contributed by atoms with Gasteiger partial charge in [0.15, 0.2) is 0 Å². The van der Waals surface area contributed by atoms with Crippen LogP contribution in [-0.2, 0) is 6.54 Å².